The highest BCUT2D eigenvalue weighted by Crippen LogP contribution is 2.46. The van der Waals surface area contributed by atoms with Gasteiger partial charge in [0.05, 0.1) is 18.8 Å². The van der Waals surface area contributed by atoms with E-state index in [0.29, 0.717) is 12.0 Å². The molecule has 2 heterocycles. The molecule has 0 radical (unpaired) electrons. The van der Waals surface area contributed by atoms with Crippen molar-refractivity contribution in [3.05, 3.63) is 59.7 Å². The van der Waals surface area contributed by atoms with E-state index in [9.17, 15) is 0 Å². The summed E-state index contributed by atoms with van der Waals surface area (Å²) in [5.41, 5.74) is 3.78. The lowest BCUT2D eigenvalue weighted by Crippen LogP contribution is -2.54. The number of ether oxygens (including phenoxy) is 1. The number of methoxy groups -OCH3 is 1. The summed E-state index contributed by atoms with van der Waals surface area (Å²) in [6.45, 7) is 3.22. The summed E-state index contributed by atoms with van der Waals surface area (Å²) in [6, 6.07) is 17.2. The first-order valence-electron chi connectivity index (χ1n) is 7.35. The highest BCUT2D eigenvalue weighted by atomic mass is 16.5. The SMILES string of the molecule is COc1ccc([C@@H]2[C@H](C)C3=Nc4ccccc4CN32)cc1. The van der Waals surface area contributed by atoms with Gasteiger partial charge in [-0.2, -0.15) is 0 Å². The number of aliphatic imine (C=N–C) groups is 1. The Bertz CT molecular complexity index is 705. The van der Waals surface area contributed by atoms with Crippen LogP contribution in [0.3, 0.4) is 0 Å². The fourth-order valence-electron chi connectivity index (χ4n) is 3.41. The first-order chi connectivity index (χ1) is 10.3. The molecule has 0 bridgehead atoms. The van der Waals surface area contributed by atoms with Gasteiger partial charge in [-0.25, -0.2) is 4.99 Å². The van der Waals surface area contributed by atoms with Gasteiger partial charge in [0.1, 0.15) is 11.6 Å². The van der Waals surface area contributed by atoms with Gasteiger partial charge in [0.25, 0.3) is 0 Å². The Kier molecular flexibility index (Phi) is 2.74. The predicted octanol–water partition coefficient (Wildman–Crippen LogP) is 3.93. The number of fused-ring (bicyclic) bond motifs is 2. The standard InChI is InChI=1S/C18H18N2O/c1-12-17(13-7-9-15(21-2)10-8-13)20-11-14-5-3-4-6-16(14)19-18(12)20/h3-10,12,17H,11H2,1-2H3/t12-,17-/m0/s1. The van der Waals surface area contributed by atoms with Gasteiger partial charge in [-0.1, -0.05) is 37.3 Å². The maximum Gasteiger partial charge on any atom is 0.118 e. The summed E-state index contributed by atoms with van der Waals surface area (Å²) >= 11 is 0. The second-order valence-electron chi connectivity index (χ2n) is 5.73. The predicted molar refractivity (Wildman–Crippen MR) is 84.0 cm³/mol. The minimum absolute atomic E-state index is 0.419. The number of nitrogens with zero attached hydrogens (tertiary/aromatic N) is 2. The van der Waals surface area contributed by atoms with E-state index < -0.39 is 0 Å². The van der Waals surface area contributed by atoms with Crippen molar-refractivity contribution in [2.45, 2.75) is 19.5 Å². The zero-order valence-corrected chi connectivity index (χ0v) is 12.3. The van der Waals surface area contributed by atoms with Crippen LogP contribution in [0.2, 0.25) is 0 Å². The zero-order chi connectivity index (χ0) is 14.4. The van der Waals surface area contributed by atoms with Crippen molar-refractivity contribution in [1.82, 2.24) is 4.90 Å². The van der Waals surface area contributed by atoms with E-state index in [1.165, 1.54) is 17.0 Å². The monoisotopic (exact) mass is 278 g/mol. The molecule has 3 heteroatoms. The Morgan fingerprint density at radius 3 is 2.62 bits per heavy atom. The van der Waals surface area contributed by atoms with Crippen molar-refractivity contribution < 1.29 is 4.74 Å². The van der Waals surface area contributed by atoms with Crippen LogP contribution in [-0.2, 0) is 6.54 Å². The topological polar surface area (TPSA) is 24.8 Å². The zero-order valence-electron chi connectivity index (χ0n) is 12.3. The van der Waals surface area contributed by atoms with E-state index in [-0.39, 0.29) is 0 Å². The van der Waals surface area contributed by atoms with Crippen LogP contribution in [0.5, 0.6) is 5.75 Å². The summed E-state index contributed by atoms with van der Waals surface area (Å²) in [5, 5.41) is 0. The van der Waals surface area contributed by atoms with Crippen LogP contribution in [0.15, 0.2) is 53.5 Å². The second-order valence-corrected chi connectivity index (χ2v) is 5.73. The fourth-order valence-corrected chi connectivity index (χ4v) is 3.41. The van der Waals surface area contributed by atoms with Crippen LogP contribution >= 0.6 is 0 Å². The molecule has 0 saturated carbocycles. The van der Waals surface area contributed by atoms with Crippen LogP contribution in [0.25, 0.3) is 0 Å². The largest absolute Gasteiger partial charge is 0.497 e. The molecule has 2 aliphatic heterocycles. The van der Waals surface area contributed by atoms with E-state index in [2.05, 4.69) is 48.2 Å². The lowest BCUT2D eigenvalue weighted by Gasteiger charge is -2.51. The lowest BCUT2D eigenvalue weighted by molar-refractivity contribution is 0.177. The average molecular weight is 278 g/mol. The molecule has 21 heavy (non-hydrogen) atoms. The Balaban J connectivity index is 1.66. The third kappa shape index (κ3) is 1.84. The second kappa shape index (κ2) is 4.62. The number of benzene rings is 2. The van der Waals surface area contributed by atoms with Gasteiger partial charge >= 0.3 is 0 Å². The molecule has 0 aromatic heterocycles. The van der Waals surface area contributed by atoms with E-state index in [1.54, 1.807) is 7.11 Å². The molecule has 0 aliphatic carbocycles. The molecule has 1 fully saturated rings. The molecular weight excluding hydrogens is 260 g/mol. The summed E-state index contributed by atoms with van der Waals surface area (Å²) in [6.07, 6.45) is 0. The van der Waals surface area contributed by atoms with E-state index >= 15 is 0 Å². The molecule has 0 amide bonds. The number of hydrogen-bond donors (Lipinski definition) is 0. The average Bonchev–Trinajstić information content (AvgIpc) is 2.54. The number of para-hydroxylation sites is 1. The summed E-state index contributed by atoms with van der Waals surface area (Å²) in [7, 11) is 1.70. The smallest absolute Gasteiger partial charge is 0.118 e. The Labute approximate surface area is 124 Å². The Hall–Kier alpha value is -2.29. The van der Waals surface area contributed by atoms with Gasteiger partial charge < -0.3 is 9.64 Å². The van der Waals surface area contributed by atoms with E-state index in [0.717, 1.165) is 18.0 Å². The van der Waals surface area contributed by atoms with Gasteiger partial charge in [-0.3, -0.25) is 0 Å². The van der Waals surface area contributed by atoms with Gasteiger partial charge in [-0.15, -0.1) is 0 Å². The van der Waals surface area contributed by atoms with Crippen molar-refractivity contribution in [2.75, 3.05) is 7.11 Å². The molecule has 0 spiro atoms. The minimum atomic E-state index is 0.419. The van der Waals surface area contributed by atoms with Crippen LogP contribution in [0.1, 0.15) is 24.1 Å². The van der Waals surface area contributed by atoms with Crippen molar-refractivity contribution in [1.29, 1.82) is 0 Å². The maximum absolute atomic E-state index is 5.24. The molecule has 2 atom stereocenters. The highest BCUT2D eigenvalue weighted by molar-refractivity contribution is 5.94. The molecular formula is C18H18N2O. The number of rotatable bonds is 2. The number of amidine groups is 1. The first kappa shape index (κ1) is 12.5. The van der Waals surface area contributed by atoms with Gasteiger partial charge in [0, 0.05) is 12.5 Å². The summed E-state index contributed by atoms with van der Waals surface area (Å²) in [5.74, 6) is 2.59. The Morgan fingerprint density at radius 2 is 1.86 bits per heavy atom. The normalized spacial score (nSPS) is 22.8. The fraction of sp³-hybridized carbons (Fsp3) is 0.278. The molecule has 2 aromatic rings. The van der Waals surface area contributed by atoms with Crippen molar-refractivity contribution in [3.63, 3.8) is 0 Å². The first-order valence-corrected chi connectivity index (χ1v) is 7.35. The van der Waals surface area contributed by atoms with Crippen LogP contribution in [-0.4, -0.2) is 17.8 Å². The van der Waals surface area contributed by atoms with Crippen LogP contribution in [0, 0.1) is 5.92 Å². The van der Waals surface area contributed by atoms with E-state index in [1.807, 2.05) is 12.1 Å². The molecule has 1 saturated heterocycles. The maximum atomic E-state index is 5.24. The third-order valence-corrected chi connectivity index (χ3v) is 4.54. The summed E-state index contributed by atoms with van der Waals surface area (Å²) < 4.78 is 5.24. The van der Waals surface area contributed by atoms with E-state index in [4.69, 9.17) is 9.73 Å². The molecule has 0 N–H and O–H groups in total. The number of hydrogen-bond acceptors (Lipinski definition) is 3. The molecule has 2 aromatic carbocycles. The van der Waals surface area contributed by atoms with Crippen molar-refractivity contribution in [2.24, 2.45) is 10.9 Å². The molecule has 106 valence electrons. The minimum Gasteiger partial charge on any atom is -0.497 e. The van der Waals surface area contributed by atoms with Gasteiger partial charge in [-0.05, 0) is 29.3 Å². The highest BCUT2D eigenvalue weighted by Gasteiger charge is 2.44. The van der Waals surface area contributed by atoms with Crippen LogP contribution in [0.4, 0.5) is 5.69 Å². The summed E-state index contributed by atoms with van der Waals surface area (Å²) in [4.78, 5) is 7.23. The molecule has 4 rings (SSSR count). The van der Waals surface area contributed by atoms with Gasteiger partial charge in [0.2, 0.25) is 0 Å². The van der Waals surface area contributed by atoms with Gasteiger partial charge in [0.15, 0.2) is 0 Å². The van der Waals surface area contributed by atoms with Crippen molar-refractivity contribution in [3.8, 4) is 5.75 Å². The lowest BCUT2D eigenvalue weighted by atomic mass is 9.81. The Morgan fingerprint density at radius 1 is 1.10 bits per heavy atom. The molecule has 0 unspecified atom stereocenters. The quantitative estimate of drug-likeness (QED) is 0.831. The molecule has 3 nitrogen and oxygen atoms in total. The molecule has 2 aliphatic rings. The third-order valence-electron chi connectivity index (χ3n) is 4.54. The van der Waals surface area contributed by atoms with Crippen molar-refractivity contribution >= 4 is 11.5 Å². The van der Waals surface area contributed by atoms with Crippen LogP contribution < -0.4 is 4.74 Å².